The Kier molecular flexibility index (Phi) is 1.34. The molecule has 0 amide bonds. The van der Waals surface area contributed by atoms with E-state index in [4.69, 9.17) is 0 Å². The first-order chi connectivity index (χ1) is 2.89. The van der Waals surface area contributed by atoms with Gasteiger partial charge in [0.05, 0.1) is 0 Å². The van der Waals surface area contributed by atoms with E-state index in [1.807, 2.05) is 0 Å². The molecule has 0 aliphatic heterocycles. The Hall–Kier alpha value is 0.270. The molecule has 0 aromatic heterocycles. The van der Waals surface area contributed by atoms with Crippen molar-refractivity contribution in [3.8, 4) is 0 Å². The molecule has 0 unspecified atom stereocenters. The van der Waals surface area contributed by atoms with Crippen molar-refractivity contribution in [2.45, 2.75) is 6.42 Å². The number of allylic oxidation sites excluding steroid dienone is 4. The first-order valence-corrected chi connectivity index (χ1v) is 3.10. The van der Waals surface area contributed by atoms with Crippen molar-refractivity contribution >= 4 is 22.3 Å². The first-order valence-electron chi connectivity index (χ1n) is 1.93. The summed E-state index contributed by atoms with van der Waals surface area (Å²) < 4.78 is 1.41. The zero-order valence-corrected chi connectivity index (χ0v) is 5.68. The van der Waals surface area contributed by atoms with Crippen LogP contribution in [0.3, 0.4) is 0 Å². The van der Waals surface area contributed by atoms with E-state index in [-0.39, 0.29) is 0 Å². The summed E-state index contributed by atoms with van der Waals surface area (Å²) in [7, 11) is 0. The predicted molar refractivity (Wildman–Crippen MR) is 27.6 cm³/mol. The Labute approximate surface area is 50.8 Å². The molecule has 0 nitrogen and oxygen atoms in total. The van der Waals surface area contributed by atoms with Crippen molar-refractivity contribution in [1.29, 1.82) is 0 Å². The molecule has 6 heavy (non-hydrogen) atoms. The predicted octanol–water partition coefficient (Wildman–Crippen LogP) is 0.999. The minimum atomic E-state index is 1.15. The second-order valence-corrected chi connectivity index (χ2v) is 2.59. The molecule has 0 atom stereocenters. The molecule has 1 radical (unpaired) electrons. The second kappa shape index (κ2) is 1.82. The van der Waals surface area contributed by atoms with Crippen molar-refractivity contribution in [2.24, 2.45) is 0 Å². The molecule has 0 heterocycles. The van der Waals surface area contributed by atoms with Crippen LogP contribution in [-0.2, 0) is 0 Å². The van der Waals surface area contributed by atoms with Gasteiger partial charge in [-0.3, -0.25) is 0 Å². The zero-order chi connectivity index (χ0) is 4.41. The van der Waals surface area contributed by atoms with Crippen LogP contribution in [0.5, 0.6) is 0 Å². The summed E-state index contributed by atoms with van der Waals surface area (Å²) in [5.41, 5.74) is 0. The normalized spacial score (nSPS) is 18.3. The number of hydrogen-bond donors (Lipinski definition) is 0. The van der Waals surface area contributed by atoms with Crippen LogP contribution in [0.4, 0.5) is 0 Å². The van der Waals surface area contributed by atoms with Gasteiger partial charge in [0.2, 0.25) is 0 Å². The fourth-order valence-corrected chi connectivity index (χ4v) is 0.986. The monoisotopic (exact) mass is 195 g/mol. The van der Waals surface area contributed by atoms with E-state index in [1.54, 1.807) is 0 Å². The molecule has 0 saturated heterocycles. The van der Waals surface area contributed by atoms with E-state index < -0.39 is 0 Å². The molecular weight excluding hydrogens is 188 g/mol. The summed E-state index contributed by atoms with van der Waals surface area (Å²) in [5.74, 6) is 0. The average molecular weight is 193 g/mol. The van der Waals surface area contributed by atoms with Crippen LogP contribution in [0.25, 0.3) is 0 Å². The zero-order valence-electron chi connectivity index (χ0n) is 3.35. The van der Waals surface area contributed by atoms with Gasteiger partial charge >= 0.3 is 50.6 Å². The number of hydrogen-bond acceptors (Lipinski definition) is 0. The molecule has 1 aliphatic rings. The van der Waals surface area contributed by atoms with Crippen molar-refractivity contribution in [2.75, 3.05) is 0 Å². The van der Waals surface area contributed by atoms with Gasteiger partial charge in [-0.2, -0.15) is 0 Å². The van der Waals surface area contributed by atoms with Crippen molar-refractivity contribution < 1.29 is 0 Å². The third-order valence-corrected chi connectivity index (χ3v) is 1.60. The van der Waals surface area contributed by atoms with E-state index in [1.165, 1.54) is 3.62 Å². The van der Waals surface area contributed by atoms with E-state index in [0.29, 0.717) is 0 Å². The summed E-state index contributed by atoms with van der Waals surface area (Å²) in [4.78, 5) is 0. The molecule has 0 aromatic carbocycles. The molecule has 0 spiro atoms. The van der Waals surface area contributed by atoms with Crippen molar-refractivity contribution in [1.82, 2.24) is 0 Å². The summed E-state index contributed by atoms with van der Waals surface area (Å²) in [6, 6.07) is 0. The second-order valence-electron chi connectivity index (χ2n) is 1.24. The Morgan fingerprint density at radius 3 is 2.67 bits per heavy atom. The maximum atomic E-state index is 2.21. The van der Waals surface area contributed by atoms with Gasteiger partial charge in [0.25, 0.3) is 0 Å². The van der Waals surface area contributed by atoms with Gasteiger partial charge in [0.1, 0.15) is 0 Å². The van der Waals surface area contributed by atoms with Crippen LogP contribution in [0.15, 0.2) is 21.8 Å². The molecule has 0 aromatic rings. The van der Waals surface area contributed by atoms with E-state index >= 15 is 0 Å². The molecule has 1 heteroatoms. The van der Waals surface area contributed by atoms with Gasteiger partial charge in [0.15, 0.2) is 0 Å². The van der Waals surface area contributed by atoms with Crippen LogP contribution in [-0.4, -0.2) is 22.3 Å². The fraction of sp³-hybridized carbons (Fsp3) is 0.200. The van der Waals surface area contributed by atoms with Gasteiger partial charge in [-0.05, 0) is 0 Å². The van der Waals surface area contributed by atoms with Gasteiger partial charge in [0, 0.05) is 0 Å². The Bertz CT molecular complexity index is 97.8. The summed E-state index contributed by atoms with van der Waals surface area (Å²) >= 11 is 2.05. The molecule has 0 N–H and O–H groups in total. The van der Waals surface area contributed by atoms with Gasteiger partial charge < -0.3 is 0 Å². The van der Waals surface area contributed by atoms with Crippen molar-refractivity contribution in [3.05, 3.63) is 21.8 Å². The van der Waals surface area contributed by atoms with E-state index in [2.05, 4.69) is 40.5 Å². The van der Waals surface area contributed by atoms with Crippen LogP contribution in [0.2, 0.25) is 0 Å². The molecule has 0 saturated carbocycles. The van der Waals surface area contributed by atoms with Crippen LogP contribution >= 0.6 is 0 Å². The average Bonchev–Trinajstić information content (AvgIpc) is 1.86. The fourth-order valence-electron chi connectivity index (χ4n) is 0.436. The Balaban J connectivity index is 2.68. The van der Waals surface area contributed by atoms with Gasteiger partial charge in [-0.25, -0.2) is 0 Å². The van der Waals surface area contributed by atoms with Crippen LogP contribution < -0.4 is 0 Å². The van der Waals surface area contributed by atoms with Crippen LogP contribution in [0, 0.1) is 0 Å². The molecule has 1 rings (SSSR count). The van der Waals surface area contributed by atoms with Crippen LogP contribution in [0.1, 0.15) is 6.42 Å². The quantitative estimate of drug-likeness (QED) is 0.503. The Morgan fingerprint density at radius 2 is 2.50 bits per heavy atom. The first kappa shape index (κ1) is 4.43. The topological polar surface area (TPSA) is 0 Å². The third kappa shape index (κ3) is 0.864. The summed E-state index contributed by atoms with van der Waals surface area (Å²) in [6.45, 7) is 0. The Morgan fingerprint density at radius 1 is 1.67 bits per heavy atom. The van der Waals surface area contributed by atoms with Gasteiger partial charge in [-0.15, -0.1) is 0 Å². The minimum absolute atomic E-state index is 1.15. The molecule has 0 fully saturated rings. The van der Waals surface area contributed by atoms with Gasteiger partial charge in [-0.1, -0.05) is 0 Å². The third-order valence-electron chi connectivity index (χ3n) is 0.737. The van der Waals surface area contributed by atoms with Crippen molar-refractivity contribution in [3.63, 3.8) is 0 Å². The molecule has 1 aliphatic carbocycles. The van der Waals surface area contributed by atoms with E-state index in [9.17, 15) is 0 Å². The molecule has 0 bridgehead atoms. The maximum absolute atomic E-state index is 2.21. The standard InChI is InChI=1S/C5H5Te/c6-5-3-1-2-4-5/h1,3-4H,2H2. The van der Waals surface area contributed by atoms with E-state index in [0.717, 1.165) is 6.42 Å². The molecular formula is C5H5Te. The summed E-state index contributed by atoms with van der Waals surface area (Å²) in [5, 5.41) is 0. The molecule has 31 valence electrons. The number of rotatable bonds is 0. The summed E-state index contributed by atoms with van der Waals surface area (Å²) in [6.07, 6.45) is 7.67. The SMILES string of the molecule is [Te]C1=CCC=C1.